The van der Waals surface area contributed by atoms with Gasteiger partial charge in [-0.25, -0.2) is 0 Å². The summed E-state index contributed by atoms with van der Waals surface area (Å²) in [5.74, 6) is 2.09. The maximum absolute atomic E-state index is 12.7. The zero-order valence-corrected chi connectivity index (χ0v) is 22.7. The molecule has 0 radical (unpaired) electrons. The number of aliphatic imine (C=N–C) groups is 1. The van der Waals surface area contributed by atoms with Crippen LogP contribution < -0.4 is 5.32 Å². The summed E-state index contributed by atoms with van der Waals surface area (Å²) in [6, 6.07) is -0.0137. The number of rotatable bonds is 5. The summed E-state index contributed by atoms with van der Waals surface area (Å²) < 4.78 is 0. The minimum Gasteiger partial charge on any atom is -0.354 e. The van der Waals surface area contributed by atoms with Crippen LogP contribution in [-0.4, -0.2) is 109 Å². The monoisotopic (exact) mass is 548 g/mol. The van der Waals surface area contributed by atoms with Gasteiger partial charge in [0, 0.05) is 64.9 Å². The zero-order chi connectivity index (χ0) is 21.7. The summed E-state index contributed by atoms with van der Waals surface area (Å²) in [6.07, 6.45) is 4.96. The second-order valence-electron chi connectivity index (χ2n) is 10.1. The molecule has 2 atom stereocenters. The molecule has 8 heteroatoms. The maximum atomic E-state index is 12.7. The molecule has 7 nitrogen and oxygen atoms in total. The first kappa shape index (κ1) is 26.6. The van der Waals surface area contributed by atoms with Gasteiger partial charge in [0.2, 0.25) is 5.91 Å². The fraction of sp³-hybridized carbons (Fsp3) is 0.913. The summed E-state index contributed by atoms with van der Waals surface area (Å²) in [7, 11) is 1.88. The van der Waals surface area contributed by atoms with E-state index in [2.05, 4.69) is 52.7 Å². The third-order valence-corrected chi connectivity index (χ3v) is 7.34. The largest absolute Gasteiger partial charge is 0.354 e. The van der Waals surface area contributed by atoms with Gasteiger partial charge in [-0.3, -0.25) is 19.6 Å². The van der Waals surface area contributed by atoms with Gasteiger partial charge in [-0.2, -0.15) is 0 Å². The van der Waals surface area contributed by atoms with Gasteiger partial charge in [0.15, 0.2) is 5.96 Å². The van der Waals surface area contributed by atoms with Crippen LogP contribution in [0.2, 0.25) is 0 Å². The molecule has 3 aliphatic rings. The molecule has 3 heterocycles. The first-order valence-electron chi connectivity index (χ1n) is 12.1. The van der Waals surface area contributed by atoms with Crippen molar-refractivity contribution in [3.05, 3.63) is 0 Å². The molecule has 3 saturated heterocycles. The predicted molar refractivity (Wildman–Crippen MR) is 139 cm³/mol. The lowest BCUT2D eigenvalue weighted by Gasteiger charge is -2.44. The normalized spacial score (nSPS) is 25.3. The van der Waals surface area contributed by atoms with Crippen molar-refractivity contribution < 1.29 is 4.79 Å². The number of nitrogens with zero attached hydrogens (tertiary/aromatic N) is 5. The number of guanidine groups is 1. The van der Waals surface area contributed by atoms with Gasteiger partial charge in [0.05, 0.1) is 6.04 Å². The van der Waals surface area contributed by atoms with Gasteiger partial charge >= 0.3 is 0 Å². The first-order chi connectivity index (χ1) is 14.3. The molecule has 0 saturated carbocycles. The lowest BCUT2D eigenvalue weighted by Crippen LogP contribution is -2.59. The summed E-state index contributed by atoms with van der Waals surface area (Å²) in [6.45, 7) is 17.9. The van der Waals surface area contributed by atoms with E-state index in [1.807, 2.05) is 11.9 Å². The standard InChI is InChI=1S/C23H44N6O.HI/c1-19-9-8-12-29(17-19)23(3,4)18-25-22(24-5)28-15-13-26(14-16-28)20(2)21(30)27-10-6-7-11-27;/h19-20H,6-18H2,1-5H3,(H,24,25);1H. The molecular formula is C23H45IN6O. The molecule has 1 amide bonds. The Balaban J connectivity index is 0.00000341. The van der Waals surface area contributed by atoms with Crippen molar-refractivity contribution >= 4 is 35.8 Å². The summed E-state index contributed by atoms with van der Waals surface area (Å²) >= 11 is 0. The number of piperidine rings is 1. The van der Waals surface area contributed by atoms with Crippen LogP contribution in [0.3, 0.4) is 0 Å². The van der Waals surface area contributed by atoms with Crippen LogP contribution in [0, 0.1) is 5.92 Å². The number of likely N-dealkylation sites (tertiary alicyclic amines) is 2. The molecule has 0 aromatic carbocycles. The Morgan fingerprint density at radius 3 is 2.26 bits per heavy atom. The number of nitrogens with one attached hydrogen (secondary N) is 1. The van der Waals surface area contributed by atoms with Crippen LogP contribution in [0.4, 0.5) is 0 Å². The molecule has 1 N–H and O–H groups in total. The highest BCUT2D eigenvalue weighted by Crippen LogP contribution is 2.23. The van der Waals surface area contributed by atoms with Crippen LogP contribution in [0.15, 0.2) is 4.99 Å². The molecule has 180 valence electrons. The van der Waals surface area contributed by atoms with Crippen LogP contribution in [0.1, 0.15) is 53.4 Å². The molecule has 3 rings (SSSR count). The predicted octanol–water partition coefficient (Wildman–Crippen LogP) is 2.32. The molecule has 0 spiro atoms. The first-order valence-corrected chi connectivity index (χ1v) is 12.1. The fourth-order valence-corrected chi connectivity index (χ4v) is 5.16. The molecule has 0 aliphatic carbocycles. The van der Waals surface area contributed by atoms with Crippen molar-refractivity contribution in [3.8, 4) is 0 Å². The highest BCUT2D eigenvalue weighted by molar-refractivity contribution is 14.0. The quantitative estimate of drug-likeness (QED) is 0.325. The van der Waals surface area contributed by atoms with Gasteiger partial charge in [-0.1, -0.05) is 6.92 Å². The van der Waals surface area contributed by atoms with E-state index >= 15 is 0 Å². The van der Waals surface area contributed by atoms with Gasteiger partial charge < -0.3 is 15.1 Å². The lowest BCUT2D eigenvalue weighted by molar-refractivity contribution is -0.135. The molecule has 0 aromatic rings. The van der Waals surface area contributed by atoms with E-state index in [1.165, 1.54) is 25.9 Å². The maximum Gasteiger partial charge on any atom is 0.239 e. The Hall–Kier alpha value is -0.610. The molecular weight excluding hydrogens is 503 g/mol. The fourth-order valence-electron chi connectivity index (χ4n) is 5.16. The van der Waals surface area contributed by atoms with Gasteiger partial charge in [-0.15, -0.1) is 24.0 Å². The average Bonchev–Trinajstić information content (AvgIpc) is 3.28. The number of amides is 1. The second-order valence-corrected chi connectivity index (χ2v) is 10.1. The van der Waals surface area contributed by atoms with E-state index in [0.717, 1.165) is 70.5 Å². The Kier molecular flexibility index (Phi) is 10.3. The van der Waals surface area contributed by atoms with E-state index in [9.17, 15) is 4.79 Å². The molecule has 0 bridgehead atoms. The Labute approximate surface area is 207 Å². The van der Waals surface area contributed by atoms with E-state index in [0.29, 0.717) is 5.91 Å². The summed E-state index contributed by atoms with van der Waals surface area (Å²) in [4.78, 5) is 26.6. The number of hydrogen-bond donors (Lipinski definition) is 1. The molecule has 0 aromatic heterocycles. The number of hydrogen-bond acceptors (Lipinski definition) is 4. The molecule has 3 fully saturated rings. The van der Waals surface area contributed by atoms with E-state index in [1.54, 1.807) is 0 Å². The van der Waals surface area contributed by atoms with Crippen molar-refractivity contribution in [1.82, 2.24) is 24.9 Å². The number of piperazine rings is 1. The zero-order valence-electron chi connectivity index (χ0n) is 20.4. The summed E-state index contributed by atoms with van der Waals surface area (Å²) in [5, 5.41) is 3.64. The Morgan fingerprint density at radius 2 is 1.68 bits per heavy atom. The third-order valence-electron chi connectivity index (χ3n) is 7.34. The van der Waals surface area contributed by atoms with Crippen molar-refractivity contribution in [1.29, 1.82) is 0 Å². The minimum atomic E-state index is -0.0137. The molecule has 3 aliphatic heterocycles. The van der Waals surface area contributed by atoms with Crippen molar-refractivity contribution in [2.45, 2.75) is 65.0 Å². The lowest BCUT2D eigenvalue weighted by atomic mass is 9.93. The second kappa shape index (κ2) is 12.0. The molecule has 2 unspecified atom stereocenters. The van der Waals surface area contributed by atoms with Crippen LogP contribution >= 0.6 is 24.0 Å². The van der Waals surface area contributed by atoms with Crippen LogP contribution in [0.5, 0.6) is 0 Å². The van der Waals surface area contributed by atoms with Gasteiger partial charge in [-0.05, 0) is 58.9 Å². The van der Waals surface area contributed by atoms with Gasteiger partial charge in [0.1, 0.15) is 0 Å². The Morgan fingerprint density at radius 1 is 1.03 bits per heavy atom. The smallest absolute Gasteiger partial charge is 0.239 e. The highest BCUT2D eigenvalue weighted by atomic mass is 127. The number of carbonyl (C=O) groups excluding carboxylic acids is 1. The van der Waals surface area contributed by atoms with Gasteiger partial charge in [0.25, 0.3) is 0 Å². The van der Waals surface area contributed by atoms with E-state index in [-0.39, 0.29) is 35.6 Å². The van der Waals surface area contributed by atoms with Crippen molar-refractivity contribution in [2.75, 3.05) is 66.0 Å². The Bertz CT molecular complexity index is 599. The third kappa shape index (κ3) is 6.93. The minimum absolute atomic E-state index is 0. The van der Waals surface area contributed by atoms with Crippen LogP contribution in [-0.2, 0) is 4.79 Å². The van der Waals surface area contributed by atoms with Crippen molar-refractivity contribution in [2.24, 2.45) is 10.9 Å². The van der Waals surface area contributed by atoms with E-state index in [4.69, 9.17) is 0 Å². The summed E-state index contributed by atoms with van der Waals surface area (Å²) in [5.41, 5.74) is 0.114. The SMILES string of the molecule is CN=C(NCC(C)(C)N1CCCC(C)C1)N1CCN(C(C)C(=O)N2CCCC2)CC1.I. The van der Waals surface area contributed by atoms with Crippen LogP contribution in [0.25, 0.3) is 0 Å². The number of halogens is 1. The molecule has 31 heavy (non-hydrogen) atoms. The average molecular weight is 549 g/mol. The van der Waals surface area contributed by atoms with Crippen molar-refractivity contribution in [3.63, 3.8) is 0 Å². The topological polar surface area (TPSA) is 54.4 Å². The van der Waals surface area contributed by atoms with E-state index < -0.39 is 0 Å². The highest BCUT2D eigenvalue weighted by Gasteiger charge is 2.32. The number of carbonyl (C=O) groups is 1.